The van der Waals surface area contributed by atoms with E-state index in [4.69, 9.17) is 16.3 Å². The predicted molar refractivity (Wildman–Crippen MR) is 132 cm³/mol. The third-order valence-corrected chi connectivity index (χ3v) is 5.96. The van der Waals surface area contributed by atoms with Gasteiger partial charge in [-0.25, -0.2) is 0 Å². The lowest BCUT2D eigenvalue weighted by Crippen LogP contribution is -2.22. The number of rotatable bonds is 8. The number of carbonyl (C=O) groups excluding carboxylic acids is 2. The van der Waals surface area contributed by atoms with E-state index in [-0.39, 0.29) is 23.4 Å². The van der Waals surface area contributed by atoms with Crippen LogP contribution in [-0.2, 0) is 13.2 Å². The summed E-state index contributed by atoms with van der Waals surface area (Å²) in [6.45, 7) is 2.65. The standard InChI is InChI=1S/C25H21ClN4O3S/c1-16-2-4-17(5-3-16)14-27-23(31)18-6-10-20(11-7-18)28-24(32)25-30-29-22(34-25)15-33-21-12-8-19(26)9-13-21/h2-13H,14-15H2,1H3,(H,27,31)(H,28,32). The molecule has 7 nitrogen and oxygen atoms in total. The molecule has 0 unspecified atom stereocenters. The van der Waals surface area contributed by atoms with Crippen molar-refractivity contribution in [1.29, 1.82) is 0 Å². The van der Waals surface area contributed by atoms with Gasteiger partial charge in [-0.3, -0.25) is 9.59 Å². The number of amides is 2. The number of halogens is 1. The summed E-state index contributed by atoms with van der Waals surface area (Å²) in [5, 5.41) is 15.0. The van der Waals surface area contributed by atoms with Crippen LogP contribution in [0.5, 0.6) is 5.75 Å². The highest BCUT2D eigenvalue weighted by Gasteiger charge is 2.14. The molecule has 2 N–H and O–H groups in total. The zero-order valence-electron chi connectivity index (χ0n) is 18.2. The van der Waals surface area contributed by atoms with E-state index in [1.54, 1.807) is 48.5 Å². The first-order valence-electron chi connectivity index (χ1n) is 10.4. The van der Waals surface area contributed by atoms with Gasteiger partial charge in [-0.2, -0.15) is 0 Å². The van der Waals surface area contributed by atoms with Crippen LogP contribution in [0.15, 0.2) is 72.8 Å². The average molecular weight is 493 g/mol. The Bertz CT molecular complexity index is 1270. The number of nitrogens with one attached hydrogen (secondary N) is 2. The van der Waals surface area contributed by atoms with Crippen LogP contribution >= 0.6 is 22.9 Å². The molecule has 0 atom stereocenters. The Morgan fingerprint density at radius 1 is 0.912 bits per heavy atom. The molecule has 0 saturated carbocycles. The van der Waals surface area contributed by atoms with Gasteiger partial charge in [0.25, 0.3) is 11.8 Å². The summed E-state index contributed by atoms with van der Waals surface area (Å²) in [5.41, 5.74) is 3.25. The van der Waals surface area contributed by atoms with Crippen LogP contribution in [0.2, 0.25) is 5.02 Å². The Morgan fingerprint density at radius 2 is 1.62 bits per heavy atom. The van der Waals surface area contributed by atoms with Gasteiger partial charge in [-0.15, -0.1) is 10.2 Å². The van der Waals surface area contributed by atoms with Gasteiger partial charge in [0, 0.05) is 22.8 Å². The topological polar surface area (TPSA) is 93.2 Å². The Labute approximate surface area is 205 Å². The quantitative estimate of drug-likeness (QED) is 0.350. The Balaban J connectivity index is 1.28. The first-order valence-corrected chi connectivity index (χ1v) is 11.6. The molecule has 3 aromatic carbocycles. The molecule has 4 rings (SSSR count). The van der Waals surface area contributed by atoms with Crippen LogP contribution < -0.4 is 15.4 Å². The van der Waals surface area contributed by atoms with Gasteiger partial charge in [0.05, 0.1) is 0 Å². The van der Waals surface area contributed by atoms with E-state index in [1.807, 2.05) is 31.2 Å². The normalized spacial score (nSPS) is 10.5. The number of aromatic nitrogens is 2. The number of hydrogen-bond acceptors (Lipinski definition) is 6. The monoisotopic (exact) mass is 492 g/mol. The Kier molecular flexibility index (Phi) is 7.51. The molecule has 4 aromatic rings. The van der Waals surface area contributed by atoms with Gasteiger partial charge >= 0.3 is 0 Å². The molecule has 2 amide bonds. The zero-order valence-corrected chi connectivity index (χ0v) is 19.8. The van der Waals surface area contributed by atoms with E-state index in [2.05, 4.69) is 20.8 Å². The van der Waals surface area contributed by atoms with Crippen molar-refractivity contribution in [2.75, 3.05) is 5.32 Å². The molecule has 0 aliphatic rings. The van der Waals surface area contributed by atoms with E-state index in [1.165, 1.54) is 5.56 Å². The fourth-order valence-electron chi connectivity index (χ4n) is 2.96. The van der Waals surface area contributed by atoms with Gasteiger partial charge in [-0.1, -0.05) is 52.8 Å². The van der Waals surface area contributed by atoms with Crippen molar-refractivity contribution in [3.05, 3.63) is 105 Å². The van der Waals surface area contributed by atoms with Gasteiger partial charge < -0.3 is 15.4 Å². The maximum absolute atomic E-state index is 12.5. The minimum Gasteiger partial charge on any atom is -0.486 e. The lowest BCUT2D eigenvalue weighted by Gasteiger charge is -2.07. The molecule has 9 heteroatoms. The number of nitrogens with zero attached hydrogens (tertiary/aromatic N) is 2. The highest BCUT2D eigenvalue weighted by Crippen LogP contribution is 2.19. The van der Waals surface area contributed by atoms with Gasteiger partial charge in [0.1, 0.15) is 12.4 Å². The molecule has 0 fully saturated rings. The van der Waals surface area contributed by atoms with Crippen LogP contribution in [0.4, 0.5) is 5.69 Å². The van der Waals surface area contributed by atoms with E-state index in [0.29, 0.717) is 33.6 Å². The molecular weight excluding hydrogens is 472 g/mol. The number of anilines is 1. The number of benzene rings is 3. The highest BCUT2D eigenvalue weighted by molar-refractivity contribution is 7.13. The summed E-state index contributed by atoms with van der Waals surface area (Å²) in [6.07, 6.45) is 0. The molecule has 0 spiro atoms. The third kappa shape index (κ3) is 6.40. The molecule has 172 valence electrons. The highest BCUT2D eigenvalue weighted by atomic mass is 35.5. The van der Waals surface area contributed by atoms with E-state index >= 15 is 0 Å². The average Bonchev–Trinajstić information content (AvgIpc) is 3.33. The van der Waals surface area contributed by atoms with Gasteiger partial charge in [0.15, 0.2) is 5.01 Å². The van der Waals surface area contributed by atoms with Crippen molar-refractivity contribution in [2.24, 2.45) is 0 Å². The zero-order chi connectivity index (χ0) is 23.9. The lowest BCUT2D eigenvalue weighted by atomic mass is 10.1. The molecule has 0 aliphatic heterocycles. The Morgan fingerprint density at radius 3 is 2.32 bits per heavy atom. The van der Waals surface area contributed by atoms with Gasteiger partial charge in [-0.05, 0) is 61.0 Å². The molecule has 1 heterocycles. The van der Waals surface area contributed by atoms with Crippen LogP contribution in [0.25, 0.3) is 0 Å². The van der Waals surface area contributed by atoms with Crippen molar-refractivity contribution in [2.45, 2.75) is 20.1 Å². The predicted octanol–water partition coefficient (Wildman–Crippen LogP) is 5.26. The maximum Gasteiger partial charge on any atom is 0.286 e. The maximum atomic E-state index is 12.5. The smallest absolute Gasteiger partial charge is 0.286 e. The van der Waals surface area contributed by atoms with Crippen LogP contribution in [-0.4, -0.2) is 22.0 Å². The van der Waals surface area contributed by atoms with Crippen molar-refractivity contribution >= 4 is 40.4 Å². The fraction of sp³-hybridized carbons (Fsp3) is 0.120. The van der Waals surface area contributed by atoms with Crippen molar-refractivity contribution < 1.29 is 14.3 Å². The first-order chi connectivity index (χ1) is 16.5. The van der Waals surface area contributed by atoms with Crippen molar-refractivity contribution in [3.8, 4) is 5.75 Å². The van der Waals surface area contributed by atoms with Crippen molar-refractivity contribution in [1.82, 2.24) is 15.5 Å². The SMILES string of the molecule is Cc1ccc(CNC(=O)c2ccc(NC(=O)c3nnc(COc4ccc(Cl)cc4)s3)cc2)cc1. The van der Waals surface area contributed by atoms with E-state index in [0.717, 1.165) is 16.9 Å². The molecular formula is C25H21ClN4O3S. The number of ether oxygens (including phenoxy) is 1. The largest absolute Gasteiger partial charge is 0.486 e. The number of hydrogen-bond donors (Lipinski definition) is 2. The summed E-state index contributed by atoms with van der Waals surface area (Å²) >= 11 is 7.01. The molecule has 0 bridgehead atoms. The second kappa shape index (κ2) is 10.9. The minimum absolute atomic E-state index is 0.187. The first kappa shape index (κ1) is 23.4. The summed E-state index contributed by atoms with van der Waals surface area (Å²) in [5.74, 6) is 0.0771. The van der Waals surface area contributed by atoms with Crippen LogP contribution in [0.1, 0.15) is 36.3 Å². The Hall–Kier alpha value is -3.75. The number of carbonyl (C=O) groups is 2. The van der Waals surface area contributed by atoms with Crippen molar-refractivity contribution in [3.63, 3.8) is 0 Å². The second-order valence-electron chi connectivity index (χ2n) is 7.44. The van der Waals surface area contributed by atoms with Crippen LogP contribution in [0, 0.1) is 6.92 Å². The third-order valence-electron chi connectivity index (χ3n) is 4.82. The van der Waals surface area contributed by atoms with E-state index < -0.39 is 0 Å². The molecule has 0 radical (unpaired) electrons. The fourth-order valence-corrected chi connectivity index (χ4v) is 3.73. The minimum atomic E-state index is -0.383. The molecule has 0 aliphatic carbocycles. The second-order valence-corrected chi connectivity index (χ2v) is 8.94. The van der Waals surface area contributed by atoms with Gasteiger partial charge in [0.2, 0.25) is 5.01 Å². The van der Waals surface area contributed by atoms with E-state index in [9.17, 15) is 9.59 Å². The lowest BCUT2D eigenvalue weighted by molar-refractivity contribution is 0.0950. The summed E-state index contributed by atoms with van der Waals surface area (Å²) < 4.78 is 5.63. The van der Waals surface area contributed by atoms with Crippen LogP contribution in [0.3, 0.4) is 0 Å². The summed E-state index contributed by atoms with van der Waals surface area (Å²) in [6, 6.07) is 21.6. The summed E-state index contributed by atoms with van der Waals surface area (Å²) in [7, 11) is 0. The number of aryl methyl sites for hydroxylation is 1. The molecule has 34 heavy (non-hydrogen) atoms. The molecule has 1 aromatic heterocycles. The summed E-state index contributed by atoms with van der Waals surface area (Å²) in [4.78, 5) is 24.9. The molecule has 0 saturated heterocycles.